The zero-order chi connectivity index (χ0) is 8.59. The number of nitrogens with two attached hydrogens (primary N) is 1. The molecule has 0 saturated heterocycles. The van der Waals surface area contributed by atoms with Crippen LogP contribution in [0.1, 0.15) is 0 Å². The molecule has 1 rings (SSSR count). The highest BCUT2D eigenvalue weighted by molar-refractivity contribution is 6.31. The van der Waals surface area contributed by atoms with Gasteiger partial charge in [0.05, 0.1) is 5.69 Å². The lowest BCUT2D eigenvalue weighted by Crippen LogP contribution is -1.97. The van der Waals surface area contributed by atoms with Crippen molar-refractivity contribution in [1.82, 2.24) is 0 Å². The summed E-state index contributed by atoms with van der Waals surface area (Å²) in [6.07, 6.45) is 0. The highest BCUT2D eigenvalue weighted by Crippen LogP contribution is 2.25. The number of anilines is 1. The molecular weight excluding hydrogens is 179 g/mol. The van der Waals surface area contributed by atoms with Crippen molar-refractivity contribution in [3.63, 3.8) is 0 Å². The molecule has 5 heteroatoms. The Morgan fingerprint density at radius 1 is 1.18 bits per heavy atom. The van der Waals surface area contributed by atoms with Gasteiger partial charge in [0.1, 0.15) is 10.8 Å². The maximum atomic E-state index is 12.4. The van der Waals surface area contributed by atoms with Crippen molar-refractivity contribution < 1.29 is 13.2 Å². The topological polar surface area (TPSA) is 26.0 Å². The third-order valence-corrected chi connectivity index (χ3v) is 1.48. The van der Waals surface area contributed by atoms with Crippen LogP contribution < -0.4 is 5.73 Å². The minimum absolute atomic E-state index is 0.593. The van der Waals surface area contributed by atoms with Crippen molar-refractivity contribution in [3.8, 4) is 0 Å². The first-order chi connectivity index (χ1) is 5.04. The third-order valence-electron chi connectivity index (χ3n) is 1.13. The molecule has 0 spiro atoms. The molecule has 0 radical (unpaired) electrons. The number of halogens is 4. The van der Waals surface area contributed by atoms with Crippen LogP contribution in [0.15, 0.2) is 6.07 Å². The normalized spacial score (nSPS) is 10.2. The highest BCUT2D eigenvalue weighted by atomic mass is 35.5. The van der Waals surface area contributed by atoms with Crippen molar-refractivity contribution in [2.45, 2.75) is 0 Å². The maximum Gasteiger partial charge on any atom is 0.183 e. The predicted molar refractivity (Wildman–Crippen MR) is 35.7 cm³/mol. The Morgan fingerprint density at radius 3 is 2.27 bits per heavy atom. The van der Waals surface area contributed by atoms with Crippen LogP contribution in [-0.4, -0.2) is 0 Å². The SMILES string of the molecule is Nc1cc(F)c(Cl)c(F)c1F. The van der Waals surface area contributed by atoms with Gasteiger partial charge in [0, 0.05) is 6.07 Å². The van der Waals surface area contributed by atoms with Gasteiger partial charge in [-0.05, 0) is 0 Å². The molecule has 60 valence electrons. The first kappa shape index (κ1) is 8.20. The summed E-state index contributed by atoms with van der Waals surface area (Å²) >= 11 is 5.01. The average Bonchev–Trinajstić information content (AvgIpc) is 1.97. The second kappa shape index (κ2) is 2.62. The van der Waals surface area contributed by atoms with E-state index in [9.17, 15) is 13.2 Å². The highest BCUT2D eigenvalue weighted by Gasteiger charge is 2.14. The fourth-order valence-corrected chi connectivity index (χ4v) is 0.729. The van der Waals surface area contributed by atoms with Crippen LogP contribution in [-0.2, 0) is 0 Å². The molecule has 1 nitrogen and oxygen atoms in total. The van der Waals surface area contributed by atoms with Gasteiger partial charge in [-0.15, -0.1) is 0 Å². The lowest BCUT2D eigenvalue weighted by atomic mass is 10.3. The van der Waals surface area contributed by atoms with Crippen molar-refractivity contribution in [2.24, 2.45) is 0 Å². The molecule has 0 heterocycles. The largest absolute Gasteiger partial charge is 0.396 e. The monoisotopic (exact) mass is 181 g/mol. The van der Waals surface area contributed by atoms with E-state index in [-0.39, 0.29) is 0 Å². The van der Waals surface area contributed by atoms with Gasteiger partial charge in [0.15, 0.2) is 11.6 Å². The molecule has 0 atom stereocenters. The standard InChI is InChI=1S/C6H3ClF3N/c7-4-2(8)1-3(11)5(9)6(4)10/h1H,11H2. The molecule has 0 fully saturated rings. The van der Waals surface area contributed by atoms with Crippen LogP contribution in [0.4, 0.5) is 18.9 Å². The van der Waals surface area contributed by atoms with Gasteiger partial charge in [-0.25, -0.2) is 13.2 Å². The van der Waals surface area contributed by atoms with Crippen molar-refractivity contribution in [1.29, 1.82) is 0 Å². The zero-order valence-electron chi connectivity index (χ0n) is 5.17. The summed E-state index contributed by atoms with van der Waals surface area (Å²) in [5.41, 5.74) is 4.28. The molecule has 2 N–H and O–H groups in total. The molecule has 1 aromatic rings. The van der Waals surface area contributed by atoms with Gasteiger partial charge in [0.25, 0.3) is 0 Å². The fraction of sp³-hybridized carbons (Fsp3) is 0. The Kier molecular flexibility index (Phi) is 1.95. The molecule has 0 aliphatic carbocycles. The number of rotatable bonds is 0. The van der Waals surface area contributed by atoms with Gasteiger partial charge in [-0.1, -0.05) is 11.6 Å². The van der Waals surface area contributed by atoms with Crippen LogP contribution in [0.5, 0.6) is 0 Å². The van der Waals surface area contributed by atoms with Crippen LogP contribution in [0.25, 0.3) is 0 Å². The van der Waals surface area contributed by atoms with Gasteiger partial charge >= 0.3 is 0 Å². The summed E-state index contributed by atoms with van der Waals surface area (Å²) < 4.78 is 37.2. The fourth-order valence-electron chi connectivity index (χ4n) is 0.591. The molecule has 0 aliphatic heterocycles. The Hall–Kier alpha value is -0.900. The van der Waals surface area contributed by atoms with Crippen LogP contribution in [0, 0.1) is 17.5 Å². The Morgan fingerprint density at radius 2 is 1.73 bits per heavy atom. The predicted octanol–water partition coefficient (Wildman–Crippen LogP) is 2.34. The van der Waals surface area contributed by atoms with Crippen LogP contribution in [0.2, 0.25) is 5.02 Å². The molecule has 11 heavy (non-hydrogen) atoms. The molecule has 1 aromatic carbocycles. The number of hydrogen-bond donors (Lipinski definition) is 1. The Labute approximate surface area is 65.6 Å². The number of benzene rings is 1. The Balaban J connectivity index is 3.46. The van der Waals surface area contributed by atoms with Crippen molar-refractivity contribution in [2.75, 3.05) is 5.73 Å². The summed E-state index contributed by atoms with van der Waals surface area (Å²) in [5, 5.41) is -0.878. The van der Waals surface area contributed by atoms with Crippen molar-refractivity contribution >= 4 is 17.3 Å². The molecule has 0 aromatic heterocycles. The zero-order valence-corrected chi connectivity index (χ0v) is 5.92. The second-order valence-electron chi connectivity index (χ2n) is 1.89. The second-order valence-corrected chi connectivity index (χ2v) is 2.27. The molecule has 0 unspecified atom stereocenters. The summed E-state index contributed by atoms with van der Waals surface area (Å²) in [7, 11) is 0. The number of hydrogen-bond acceptors (Lipinski definition) is 1. The summed E-state index contributed by atoms with van der Waals surface area (Å²) in [5.74, 6) is -3.84. The minimum Gasteiger partial charge on any atom is -0.396 e. The van der Waals surface area contributed by atoms with Gasteiger partial charge in [-0.2, -0.15) is 0 Å². The smallest absolute Gasteiger partial charge is 0.183 e. The minimum atomic E-state index is -1.45. The molecular formula is C6H3ClF3N. The van der Waals surface area contributed by atoms with Gasteiger partial charge in [-0.3, -0.25) is 0 Å². The quantitative estimate of drug-likeness (QED) is 0.371. The van der Waals surface area contributed by atoms with E-state index in [0.29, 0.717) is 6.07 Å². The van der Waals surface area contributed by atoms with Crippen LogP contribution >= 0.6 is 11.6 Å². The van der Waals surface area contributed by atoms with E-state index in [0.717, 1.165) is 0 Å². The van der Waals surface area contributed by atoms with Crippen molar-refractivity contribution in [3.05, 3.63) is 28.5 Å². The number of nitrogen functional groups attached to an aromatic ring is 1. The molecule has 0 amide bonds. The van der Waals surface area contributed by atoms with Gasteiger partial charge in [0.2, 0.25) is 0 Å². The van der Waals surface area contributed by atoms with E-state index in [1.54, 1.807) is 0 Å². The van der Waals surface area contributed by atoms with Crippen LogP contribution in [0.3, 0.4) is 0 Å². The molecule has 0 aliphatic rings. The first-order valence-electron chi connectivity index (χ1n) is 2.62. The van der Waals surface area contributed by atoms with E-state index >= 15 is 0 Å². The lowest BCUT2D eigenvalue weighted by Gasteiger charge is -2.00. The first-order valence-corrected chi connectivity index (χ1v) is 3.00. The lowest BCUT2D eigenvalue weighted by molar-refractivity contribution is 0.499. The molecule has 0 saturated carbocycles. The van der Waals surface area contributed by atoms with E-state index in [1.165, 1.54) is 0 Å². The van der Waals surface area contributed by atoms with E-state index in [1.807, 2.05) is 0 Å². The maximum absolute atomic E-state index is 12.4. The average molecular weight is 182 g/mol. The molecule has 0 bridgehead atoms. The van der Waals surface area contributed by atoms with Gasteiger partial charge < -0.3 is 5.73 Å². The summed E-state index contributed by atoms with van der Waals surface area (Å²) in [6.45, 7) is 0. The summed E-state index contributed by atoms with van der Waals surface area (Å²) in [6, 6.07) is 0.626. The van der Waals surface area contributed by atoms with E-state index < -0.39 is 28.2 Å². The summed E-state index contributed by atoms with van der Waals surface area (Å²) in [4.78, 5) is 0. The van der Waals surface area contributed by atoms with E-state index in [2.05, 4.69) is 0 Å². The third kappa shape index (κ3) is 1.26. The Bertz CT molecular complexity index is 274. The van der Waals surface area contributed by atoms with E-state index in [4.69, 9.17) is 17.3 Å².